The molecular formula is C14H15N3O2. The fourth-order valence-electron chi connectivity index (χ4n) is 1.65. The van der Waals surface area contributed by atoms with Crippen LogP contribution < -0.4 is 11.5 Å². The van der Waals surface area contributed by atoms with Gasteiger partial charge in [-0.2, -0.15) is 0 Å². The Morgan fingerprint density at radius 2 is 2.11 bits per heavy atom. The van der Waals surface area contributed by atoms with Crippen molar-refractivity contribution in [2.45, 2.75) is 6.42 Å². The number of nitrogens with two attached hydrogens (primary N) is 2. The number of pyridine rings is 1. The molecule has 0 aliphatic carbocycles. The summed E-state index contributed by atoms with van der Waals surface area (Å²) in [5.74, 6) is -0.443. The highest BCUT2D eigenvalue weighted by molar-refractivity contribution is 5.95. The zero-order valence-electron chi connectivity index (χ0n) is 10.4. The van der Waals surface area contributed by atoms with Gasteiger partial charge in [0.2, 0.25) is 0 Å². The number of ether oxygens (including phenoxy) is 1. The summed E-state index contributed by atoms with van der Waals surface area (Å²) in [6.07, 6.45) is 4.06. The molecule has 1 aromatic carbocycles. The van der Waals surface area contributed by atoms with Crippen molar-refractivity contribution in [3.05, 3.63) is 53.9 Å². The third-order valence-electron chi connectivity index (χ3n) is 2.64. The van der Waals surface area contributed by atoms with Gasteiger partial charge in [0.15, 0.2) is 0 Å². The van der Waals surface area contributed by atoms with Crippen LogP contribution in [0.1, 0.15) is 15.9 Å². The molecule has 2 rings (SSSR count). The van der Waals surface area contributed by atoms with Crippen LogP contribution in [0.15, 0.2) is 42.7 Å². The Kier molecular flexibility index (Phi) is 3.97. The summed E-state index contributed by atoms with van der Waals surface area (Å²) in [6.45, 7) is 0.286. The van der Waals surface area contributed by atoms with E-state index in [1.165, 1.54) is 6.07 Å². The van der Waals surface area contributed by atoms with Gasteiger partial charge in [-0.25, -0.2) is 4.79 Å². The molecule has 0 bridgehead atoms. The molecule has 0 fully saturated rings. The fraction of sp³-hybridized carbons (Fsp3) is 0.143. The number of nitrogen functional groups attached to an aromatic ring is 2. The third kappa shape index (κ3) is 3.45. The summed E-state index contributed by atoms with van der Waals surface area (Å²) in [6, 6.07) is 8.50. The normalized spacial score (nSPS) is 10.1. The maximum Gasteiger partial charge on any atom is 0.340 e. The summed E-state index contributed by atoms with van der Waals surface area (Å²) in [5, 5.41) is 0. The van der Waals surface area contributed by atoms with Crippen LogP contribution in [0.3, 0.4) is 0 Å². The number of hydrogen-bond acceptors (Lipinski definition) is 5. The summed E-state index contributed by atoms with van der Waals surface area (Å²) >= 11 is 0. The Hall–Kier alpha value is -2.56. The van der Waals surface area contributed by atoms with Crippen molar-refractivity contribution in [1.29, 1.82) is 0 Å². The van der Waals surface area contributed by atoms with E-state index in [0.29, 0.717) is 23.4 Å². The Morgan fingerprint density at radius 3 is 2.79 bits per heavy atom. The van der Waals surface area contributed by atoms with E-state index in [1.54, 1.807) is 24.5 Å². The number of carbonyl (C=O) groups is 1. The Labute approximate surface area is 111 Å². The van der Waals surface area contributed by atoms with Crippen molar-refractivity contribution < 1.29 is 9.53 Å². The van der Waals surface area contributed by atoms with E-state index in [1.807, 2.05) is 12.1 Å². The van der Waals surface area contributed by atoms with E-state index in [9.17, 15) is 4.79 Å². The zero-order valence-corrected chi connectivity index (χ0v) is 10.4. The number of rotatable bonds is 4. The summed E-state index contributed by atoms with van der Waals surface area (Å²) in [5.41, 5.74) is 13.5. The van der Waals surface area contributed by atoms with Crippen molar-refractivity contribution in [1.82, 2.24) is 4.98 Å². The van der Waals surface area contributed by atoms with Crippen molar-refractivity contribution in [2.24, 2.45) is 0 Å². The van der Waals surface area contributed by atoms with E-state index < -0.39 is 5.97 Å². The van der Waals surface area contributed by atoms with E-state index in [4.69, 9.17) is 16.2 Å². The lowest BCUT2D eigenvalue weighted by Crippen LogP contribution is -2.10. The zero-order chi connectivity index (χ0) is 13.7. The maximum absolute atomic E-state index is 11.8. The smallest absolute Gasteiger partial charge is 0.340 e. The molecule has 0 radical (unpaired) electrons. The monoisotopic (exact) mass is 257 g/mol. The first-order valence-electron chi connectivity index (χ1n) is 5.88. The van der Waals surface area contributed by atoms with Gasteiger partial charge in [-0.05, 0) is 29.8 Å². The van der Waals surface area contributed by atoms with Gasteiger partial charge in [0, 0.05) is 30.2 Å². The molecule has 0 saturated heterocycles. The van der Waals surface area contributed by atoms with Gasteiger partial charge in [-0.15, -0.1) is 0 Å². The second kappa shape index (κ2) is 5.86. The molecule has 0 aliphatic rings. The number of nitrogens with zero attached hydrogens (tertiary/aromatic N) is 1. The molecular weight excluding hydrogens is 242 g/mol. The molecule has 2 aromatic rings. The highest BCUT2D eigenvalue weighted by Crippen LogP contribution is 2.16. The molecule has 0 atom stereocenters. The quantitative estimate of drug-likeness (QED) is 0.642. The Balaban J connectivity index is 1.91. The van der Waals surface area contributed by atoms with Gasteiger partial charge < -0.3 is 16.2 Å². The lowest BCUT2D eigenvalue weighted by Gasteiger charge is -2.07. The number of hydrogen-bond donors (Lipinski definition) is 2. The maximum atomic E-state index is 11.8. The Bertz CT molecular complexity index is 570. The predicted molar refractivity (Wildman–Crippen MR) is 73.5 cm³/mol. The molecule has 0 spiro atoms. The van der Waals surface area contributed by atoms with Crippen molar-refractivity contribution in [3.8, 4) is 0 Å². The van der Waals surface area contributed by atoms with Crippen LogP contribution in [0.25, 0.3) is 0 Å². The SMILES string of the molecule is Nc1ccc(C(=O)OCCc2cccnc2)c(N)c1. The lowest BCUT2D eigenvalue weighted by atomic mass is 10.1. The van der Waals surface area contributed by atoms with E-state index in [-0.39, 0.29) is 6.61 Å². The minimum atomic E-state index is -0.443. The fourth-order valence-corrected chi connectivity index (χ4v) is 1.65. The minimum absolute atomic E-state index is 0.286. The van der Waals surface area contributed by atoms with Gasteiger partial charge in [0.1, 0.15) is 0 Å². The number of carbonyl (C=O) groups excluding carboxylic acids is 1. The summed E-state index contributed by atoms with van der Waals surface area (Å²) in [7, 11) is 0. The summed E-state index contributed by atoms with van der Waals surface area (Å²) in [4.78, 5) is 15.8. The minimum Gasteiger partial charge on any atom is -0.462 e. The number of anilines is 2. The first-order valence-corrected chi connectivity index (χ1v) is 5.88. The number of aromatic nitrogens is 1. The van der Waals surface area contributed by atoms with Crippen LogP contribution in [0, 0.1) is 0 Å². The van der Waals surface area contributed by atoms with E-state index >= 15 is 0 Å². The summed E-state index contributed by atoms with van der Waals surface area (Å²) < 4.78 is 5.17. The van der Waals surface area contributed by atoms with Crippen LogP contribution in [-0.2, 0) is 11.2 Å². The number of benzene rings is 1. The van der Waals surface area contributed by atoms with Gasteiger partial charge in [-0.3, -0.25) is 4.98 Å². The van der Waals surface area contributed by atoms with Gasteiger partial charge in [0.25, 0.3) is 0 Å². The molecule has 4 N–H and O–H groups in total. The molecule has 0 amide bonds. The van der Waals surface area contributed by atoms with Crippen molar-refractivity contribution >= 4 is 17.3 Å². The van der Waals surface area contributed by atoms with Crippen LogP contribution in [0.5, 0.6) is 0 Å². The van der Waals surface area contributed by atoms with Crippen molar-refractivity contribution in [2.75, 3.05) is 18.1 Å². The molecule has 98 valence electrons. The topological polar surface area (TPSA) is 91.2 Å². The van der Waals surface area contributed by atoms with E-state index in [0.717, 1.165) is 5.56 Å². The molecule has 0 aliphatic heterocycles. The average Bonchev–Trinajstić information content (AvgIpc) is 2.39. The largest absolute Gasteiger partial charge is 0.462 e. The lowest BCUT2D eigenvalue weighted by molar-refractivity contribution is 0.0510. The highest BCUT2D eigenvalue weighted by atomic mass is 16.5. The van der Waals surface area contributed by atoms with Crippen LogP contribution >= 0.6 is 0 Å². The molecule has 5 nitrogen and oxygen atoms in total. The molecule has 1 aromatic heterocycles. The van der Waals surface area contributed by atoms with E-state index in [2.05, 4.69) is 4.98 Å². The van der Waals surface area contributed by atoms with Gasteiger partial charge >= 0.3 is 5.97 Å². The average molecular weight is 257 g/mol. The first-order chi connectivity index (χ1) is 9.16. The Morgan fingerprint density at radius 1 is 1.26 bits per heavy atom. The van der Waals surface area contributed by atoms with Gasteiger partial charge in [0.05, 0.1) is 12.2 Å². The second-order valence-electron chi connectivity index (χ2n) is 4.09. The van der Waals surface area contributed by atoms with Crippen molar-refractivity contribution in [3.63, 3.8) is 0 Å². The molecule has 19 heavy (non-hydrogen) atoms. The standard InChI is InChI=1S/C14H15N3O2/c15-11-3-4-12(13(16)8-11)14(18)19-7-5-10-2-1-6-17-9-10/h1-4,6,8-9H,5,7,15-16H2. The first kappa shape index (κ1) is 12.9. The van der Waals surface area contributed by atoms with Crippen LogP contribution in [-0.4, -0.2) is 17.6 Å². The third-order valence-corrected chi connectivity index (χ3v) is 2.64. The molecule has 0 saturated carbocycles. The molecule has 1 heterocycles. The van der Waals surface area contributed by atoms with Crippen LogP contribution in [0.2, 0.25) is 0 Å². The van der Waals surface area contributed by atoms with Gasteiger partial charge in [-0.1, -0.05) is 6.07 Å². The highest BCUT2D eigenvalue weighted by Gasteiger charge is 2.11. The predicted octanol–water partition coefficient (Wildman–Crippen LogP) is 1.65. The van der Waals surface area contributed by atoms with Crippen LogP contribution in [0.4, 0.5) is 11.4 Å². The number of esters is 1. The molecule has 0 unspecified atom stereocenters. The molecule has 5 heteroatoms. The second-order valence-corrected chi connectivity index (χ2v) is 4.09.